The third-order valence-corrected chi connectivity index (χ3v) is 4.94. The maximum Gasteiger partial charge on any atom is 0.257 e. The van der Waals surface area contributed by atoms with Crippen molar-refractivity contribution in [2.45, 2.75) is 0 Å². The van der Waals surface area contributed by atoms with Crippen molar-refractivity contribution in [2.24, 2.45) is 4.99 Å². The van der Waals surface area contributed by atoms with Crippen LogP contribution in [0.25, 0.3) is 10.6 Å². The van der Waals surface area contributed by atoms with Gasteiger partial charge in [-0.2, -0.15) is 0 Å². The molecule has 27 heavy (non-hydrogen) atoms. The highest BCUT2D eigenvalue weighted by Crippen LogP contribution is 2.28. The van der Waals surface area contributed by atoms with Crippen LogP contribution in [0.3, 0.4) is 0 Å². The molecule has 2 aromatic heterocycles. The van der Waals surface area contributed by atoms with E-state index in [1.165, 1.54) is 0 Å². The largest absolute Gasteiger partial charge is 0.464 e. The van der Waals surface area contributed by atoms with Gasteiger partial charge < -0.3 is 9.73 Å². The summed E-state index contributed by atoms with van der Waals surface area (Å²) in [5.41, 5.74) is 1.90. The molecule has 0 atom stereocenters. The van der Waals surface area contributed by atoms with Crippen molar-refractivity contribution in [3.63, 3.8) is 0 Å². The van der Waals surface area contributed by atoms with Crippen LogP contribution >= 0.6 is 11.3 Å². The van der Waals surface area contributed by atoms with E-state index in [2.05, 4.69) is 10.3 Å². The van der Waals surface area contributed by atoms with Crippen LogP contribution in [0.4, 0.5) is 11.4 Å². The van der Waals surface area contributed by atoms with E-state index in [4.69, 9.17) is 4.42 Å². The smallest absolute Gasteiger partial charge is 0.257 e. The standard InChI is InChI=1S/C22H16N2O2S/c25-22(24-16-7-2-1-3-8-16)18-9-4-5-10-19(18)23-15-17-12-13-21(27-17)20-11-6-14-26-20/h1-15H,(H,24,25). The maximum atomic E-state index is 12.6. The second kappa shape index (κ2) is 7.85. The van der Waals surface area contributed by atoms with E-state index in [1.807, 2.05) is 72.8 Å². The average molecular weight is 372 g/mol. The number of benzene rings is 2. The van der Waals surface area contributed by atoms with Gasteiger partial charge in [0.25, 0.3) is 5.91 Å². The number of amides is 1. The van der Waals surface area contributed by atoms with Crippen molar-refractivity contribution in [3.8, 4) is 10.6 Å². The SMILES string of the molecule is O=C(Nc1ccccc1)c1ccccc1N=Cc1ccc(-c2ccco2)s1. The van der Waals surface area contributed by atoms with Gasteiger partial charge in [-0.3, -0.25) is 9.79 Å². The van der Waals surface area contributed by atoms with E-state index in [9.17, 15) is 4.79 Å². The van der Waals surface area contributed by atoms with Crippen LogP contribution in [0.5, 0.6) is 0 Å². The van der Waals surface area contributed by atoms with Crippen molar-refractivity contribution in [3.05, 3.63) is 95.6 Å². The monoisotopic (exact) mass is 372 g/mol. The number of carbonyl (C=O) groups is 1. The van der Waals surface area contributed by atoms with Gasteiger partial charge in [-0.25, -0.2) is 0 Å². The zero-order valence-corrected chi connectivity index (χ0v) is 15.1. The van der Waals surface area contributed by atoms with Gasteiger partial charge >= 0.3 is 0 Å². The van der Waals surface area contributed by atoms with Gasteiger partial charge in [0.1, 0.15) is 5.76 Å². The van der Waals surface area contributed by atoms with Gasteiger partial charge in [-0.1, -0.05) is 30.3 Å². The van der Waals surface area contributed by atoms with Crippen LogP contribution in [-0.4, -0.2) is 12.1 Å². The van der Waals surface area contributed by atoms with Crippen molar-refractivity contribution in [1.82, 2.24) is 0 Å². The Morgan fingerprint density at radius 2 is 1.74 bits per heavy atom. The van der Waals surface area contributed by atoms with Gasteiger partial charge in [0.2, 0.25) is 0 Å². The molecular formula is C22H16N2O2S. The lowest BCUT2D eigenvalue weighted by Crippen LogP contribution is -2.11. The lowest BCUT2D eigenvalue weighted by atomic mass is 10.1. The first-order chi connectivity index (χ1) is 13.3. The molecule has 0 saturated carbocycles. The van der Waals surface area contributed by atoms with Gasteiger partial charge in [0.15, 0.2) is 0 Å². The summed E-state index contributed by atoms with van der Waals surface area (Å²) >= 11 is 1.58. The third-order valence-electron chi connectivity index (χ3n) is 3.90. The fourth-order valence-electron chi connectivity index (χ4n) is 2.60. The fourth-order valence-corrected chi connectivity index (χ4v) is 3.45. The highest BCUT2D eigenvalue weighted by Gasteiger charge is 2.10. The molecule has 0 aliphatic rings. The topological polar surface area (TPSA) is 54.6 Å². The average Bonchev–Trinajstić information content (AvgIpc) is 3.39. The minimum atomic E-state index is -0.184. The van der Waals surface area contributed by atoms with E-state index in [1.54, 1.807) is 29.9 Å². The molecule has 4 rings (SSSR count). The predicted molar refractivity (Wildman–Crippen MR) is 110 cm³/mol. The summed E-state index contributed by atoms with van der Waals surface area (Å²) in [6, 6.07) is 24.5. The molecule has 4 aromatic rings. The zero-order valence-electron chi connectivity index (χ0n) is 14.3. The molecule has 0 aliphatic heterocycles. The summed E-state index contributed by atoms with van der Waals surface area (Å²) in [6.45, 7) is 0. The number of hydrogen-bond acceptors (Lipinski definition) is 4. The second-order valence-corrected chi connectivity index (χ2v) is 6.89. The molecule has 0 spiro atoms. The number of furan rings is 1. The first-order valence-electron chi connectivity index (χ1n) is 8.43. The van der Waals surface area contributed by atoms with E-state index in [-0.39, 0.29) is 5.91 Å². The number of thiophene rings is 1. The summed E-state index contributed by atoms with van der Waals surface area (Å²) in [5.74, 6) is 0.652. The van der Waals surface area contributed by atoms with Crippen LogP contribution in [0, 0.1) is 0 Å². The Bertz CT molecular complexity index is 1070. The molecular weight excluding hydrogens is 356 g/mol. The number of hydrogen-bond donors (Lipinski definition) is 1. The van der Waals surface area contributed by atoms with Gasteiger partial charge in [0, 0.05) is 16.8 Å². The molecule has 2 aromatic carbocycles. The summed E-state index contributed by atoms with van der Waals surface area (Å²) in [5, 5.41) is 2.90. The first kappa shape index (κ1) is 17.0. The van der Waals surface area contributed by atoms with Gasteiger partial charge in [0.05, 0.1) is 22.4 Å². The molecule has 0 radical (unpaired) electrons. The molecule has 0 aliphatic carbocycles. The van der Waals surface area contributed by atoms with Crippen molar-refractivity contribution in [1.29, 1.82) is 0 Å². The number of nitrogens with zero attached hydrogens (tertiary/aromatic N) is 1. The summed E-state index contributed by atoms with van der Waals surface area (Å²) in [4.78, 5) is 19.2. The molecule has 132 valence electrons. The van der Waals surface area contributed by atoms with Crippen LogP contribution in [0.2, 0.25) is 0 Å². The number of nitrogens with one attached hydrogen (secondary N) is 1. The van der Waals surface area contributed by atoms with Gasteiger partial charge in [-0.05, 0) is 48.5 Å². The van der Waals surface area contributed by atoms with Crippen molar-refractivity contribution >= 4 is 34.8 Å². The minimum Gasteiger partial charge on any atom is -0.464 e. The Balaban J connectivity index is 1.54. The molecule has 1 amide bonds. The Morgan fingerprint density at radius 1 is 0.926 bits per heavy atom. The zero-order chi connectivity index (χ0) is 18.5. The maximum absolute atomic E-state index is 12.6. The molecule has 2 heterocycles. The van der Waals surface area contributed by atoms with E-state index in [0.717, 1.165) is 21.2 Å². The summed E-state index contributed by atoms with van der Waals surface area (Å²) in [7, 11) is 0. The molecule has 0 fully saturated rings. The second-order valence-electron chi connectivity index (χ2n) is 5.77. The van der Waals surface area contributed by atoms with Crippen molar-refractivity contribution < 1.29 is 9.21 Å². The third kappa shape index (κ3) is 4.04. The van der Waals surface area contributed by atoms with E-state index in [0.29, 0.717) is 11.3 Å². The lowest BCUT2D eigenvalue weighted by Gasteiger charge is -2.07. The Kier molecular flexibility index (Phi) is 4.94. The molecule has 1 N–H and O–H groups in total. The predicted octanol–water partition coefficient (Wildman–Crippen LogP) is 6.01. The Labute approximate surface area is 160 Å². The van der Waals surface area contributed by atoms with E-state index < -0.39 is 0 Å². The van der Waals surface area contributed by atoms with Crippen LogP contribution in [0.15, 0.2) is 94.5 Å². The number of aliphatic imine (C=N–C) groups is 1. The van der Waals surface area contributed by atoms with Crippen LogP contribution in [0.1, 0.15) is 15.2 Å². The highest BCUT2D eigenvalue weighted by atomic mass is 32.1. The molecule has 0 unspecified atom stereocenters. The normalized spacial score (nSPS) is 11.0. The minimum absolute atomic E-state index is 0.184. The fraction of sp³-hybridized carbons (Fsp3) is 0. The van der Waals surface area contributed by atoms with Crippen molar-refractivity contribution in [2.75, 3.05) is 5.32 Å². The first-order valence-corrected chi connectivity index (χ1v) is 9.24. The number of para-hydroxylation sites is 2. The van der Waals surface area contributed by atoms with E-state index >= 15 is 0 Å². The summed E-state index contributed by atoms with van der Waals surface area (Å²) < 4.78 is 5.42. The van der Waals surface area contributed by atoms with Gasteiger partial charge in [-0.15, -0.1) is 11.3 Å². The molecule has 5 heteroatoms. The van der Waals surface area contributed by atoms with Crippen LogP contribution < -0.4 is 5.32 Å². The number of anilines is 1. The Hall–Kier alpha value is -3.44. The number of rotatable bonds is 5. The number of carbonyl (C=O) groups excluding carboxylic acids is 1. The molecule has 0 saturated heterocycles. The lowest BCUT2D eigenvalue weighted by molar-refractivity contribution is 0.102. The molecule has 4 nitrogen and oxygen atoms in total. The summed E-state index contributed by atoms with van der Waals surface area (Å²) in [6.07, 6.45) is 3.43. The molecule has 0 bridgehead atoms. The quantitative estimate of drug-likeness (QED) is 0.436. The Morgan fingerprint density at radius 3 is 2.56 bits per heavy atom. The van der Waals surface area contributed by atoms with Crippen LogP contribution in [-0.2, 0) is 0 Å². The highest BCUT2D eigenvalue weighted by molar-refractivity contribution is 7.17.